The Morgan fingerprint density at radius 1 is 0.903 bits per heavy atom. The molecule has 7 nitrogen and oxygen atoms in total. The molecule has 0 radical (unpaired) electrons. The fourth-order valence-corrected chi connectivity index (χ4v) is 9.00. The number of fused-ring (bicyclic) bond motifs is 5. The summed E-state index contributed by atoms with van der Waals surface area (Å²) in [6.45, 7) is 6.79. The summed E-state index contributed by atoms with van der Waals surface area (Å²) < 4.78 is 25.7. The van der Waals surface area contributed by atoms with Gasteiger partial charge in [-0.2, -0.15) is 0 Å². The van der Waals surface area contributed by atoms with Crippen molar-refractivity contribution in [3.05, 3.63) is 0 Å². The normalized spacial score (nSPS) is 57.3. The van der Waals surface area contributed by atoms with Gasteiger partial charge in [-0.1, -0.05) is 31.8 Å². The van der Waals surface area contributed by atoms with Gasteiger partial charge in [0.05, 0.1) is 32.1 Å². The van der Waals surface area contributed by atoms with Gasteiger partial charge in [0.1, 0.15) is 12.7 Å². The summed E-state index contributed by atoms with van der Waals surface area (Å²) in [6, 6.07) is 0. The average Bonchev–Trinajstić information content (AvgIpc) is 3.02. The van der Waals surface area contributed by atoms with E-state index in [-0.39, 0.29) is 10.8 Å². The van der Waals surface area contributed by atoms with Gasteiger partial charge in [0.25, 0.3) is 0 Å². The lowest BCUT2D eigenvalue weighted by molar-refractivity contribution is -0.474. The highest BCUT2D eigenvalue weighted by Gasteiger charge is 2.80. The van der Waals surface area contributed by atoms with Crippen LogP contribution in [0.4, 0.5) is 0 Å². The molecule has 0 spiro atoms. The van der Waals surface area contributed by atoms with E-state index in [9.17, 15) is 5.11 Å². The lowest BCUT2D eigenvalue weighted by atomic mass is 9.43. The third kappa shape index (κ3) is 2.30. The second kappa shape index (κ2) is 6.66. The summed E-state index contributed by atoms with van der Waals surface area (Å²) in [5.41, 5.74) is -0.428. The standard InChI is InChI=1S/C24H37NO6/c1-20-7-4-5-8-22(20,26)19(25-27-3)14-16-17(20)6-9-21(2)18(16)15-23-24(21,30-12-10-28-23)31-13-11-29-23/h16-18,26H,4-15H2,1-3H3/b25-19+/t16-,17+,18+,20-,21+,22+,23?,24?/m1/s1. The van der Waals surface area contributed by atoms with E-state index in [1.807, 2.05) is 0 Å². The van der Waals surface area contributed by atoms with Crippen LogP contribution in [0.15, 0.2) is 5.16 Å². The van der Waals surface area contributed by atoms with Crippen molar-refractivity contribution in [1.82, 2.24) is 0 Å². The first-order chi connectivity index (χ1) is 14.9. The largest absolute Gasteiger partial charge is 0.399 e. The molecule has 0 aromatic heterocycles. The molecule has 6 atom stereocenters. The minimum Gasteiger partial charge on any atom is -0.399 e. The Bertz CT molecular complexity index is 774. The van der Waals surface area contributed by atoms with Gasteiger partial charge >= 0.3 is 0 Å². The molecule has 2 aliphatic heterocycles. The average molecular weight is 436 g/mol. The predicted octanol–water partition coefficient (Wildman–Crippen LogP) is 3.24. The van der Waals surface area contributed by atoms with Gasteiger partial charge in [-0.3, -0.25) is 0 Å². The van der Waals surface area contributed by atoms with Crippen LogP contribution in [0.5, 0.6) is 0 Å². The monoisotopic (exact) mass is 435 g/mol. The van der Waals surface area contributed by atoms with Crippen LogP contribution in [-0.4, -0.2) is 61.5 Å². The number of rotatable bonds is 1. The third-order valence-electron chi connectivity index (χ3n) is 10.4. The van der Waals surface area contributed by atoms with E-state index in [4.69, 9.17) is 23.8 Å². The molecule has 174 valence electrons. The van der Waals surface area contributed by atoms with Crippen molar-refractivity contribution >= 4 is 5.71 Å². The van der Waals surface area contributed by atoms with E-state index in [1.54, 1.807) is 7.11 Å². The molecule has 0 aromatic rings. The molecule has 31 heavy (non-hydrogen) atoms. The summed E-state index contributed by atoms with van der Waals surface area (Å²) in [5.74, 6) is -0.550. The maximum atomic E-state index is 12.0. The van der Waals surface area contributed by atoms with Crippen LogP contribution in [0, 0.1) is 28.6 Å². The molecule has 0 bridgehead atoms. The van der Waals surface area contributed by atoms with E-state index in [0.29, 0.717) is 44.2 Å². The first-order valence-electron chi connectivity index (χ1n) is 12.2. The van der Waals surface area contributed by atoms with E-state index >= 15 is 0 Å². The predicted molar refractivity (Wildman–Crippen MR) is 112 cm³/mol. The first-order valence-corrected chi connectivity index (χ1v) is 12.2. The summed E-state index contributed by atoms with van der Waals surface area (Å²) in [6.07, 6.45) is 7.61. The van der Waals surface area contributed by atoms with Crippen molar-refractivity contribution in [2.45, 2.75) is 82.4 Å². The summed E-state index contributed by atoms with van der Waals surface area (Å²) >= 11 is 0. The maximum Gasteiger partial charge on any atom is 0.229 e. The Hall–Kier alpha value is -0.730. The van der Waals surface area contributed by atoms with Crippen molar-refractivity contribution in [2.75, 3.05) is 33.5 Å². The Kier molecular flexibility index (Phi) is 4.48. The van der Waals surface area contributed by atoms with Crippen LogP contribution in [0.25, 0.3) is 0 Å². The number of oxime groups is 1. The van der Waals surface area contributed by atoms with Crippen molar-refractivity contribution in [3.63, 3.8) is 0 Å². The van der Waals surface area contributed by atoms with Crippen LogP contribution in [0.1, 0.15) is 65.2 Å². The molecule has 6 rings (SSSR count). The lowest BCUT2D eigenvalue weighted by Crippen LogP contribution is -2.70. The molecule has 4 aliphatic carbocycles. The molecule has 1 N–H and O–H groups in total. The minimum atomic E-state index is -0.870. The Morgan fingerprint density at radius 2 is 1.58 bits per heavy atom. The van der Waals surface area contributed by atoms with Gasteiger partial charge in [-0.15, -0.1) is 0 Å². The van der Waals surface area contributed by atoms with Gasteiger partial charge in [0.15, 0.2) is 0 Å². The van der Waals surface area contributed by atoms with Crippen LogP contribution in [0.2, 0.25) is 0 Å². The van der Waals surface area contributed by atoms with Crippen LogP contribution >= 0.6 is 0 Å². The highest BCUT2D eigenvalue weighted by atomic mass is 16.8. The van der Waals surface area contributed by atoms with E-state index < -0.39 is 17.2 Å². The Labute approximate surface area is 184 Å². The number of ether oxygens (including phenoxy) is 4. The van der Waals surface area contributed by atoms with Crippen molar-refractivity contribution < 1.29 is 28.9 Å². The molecule has 7 heteroatoms. The molecular formula is C24H37NO6. The van der Waals surface area contributed by atoms with Crippen molar-refractivity contribution in [2.24, 2.45) is 33.7 Å². The van der Waals surface area contributed by atoms with Crippen LogP contribution < -0.4 is 0 Å². The molecule has 0 aromatic carbocycles. The number of aliphatic hydroxyl groups is 1. The lowest BCUT2D eigenvalue weighted by Gasteiger charge is -2.64. The van der Waals surface area contributed by atoms with Gasteiger partial charge in [0, 0.05) is 17.3 Å². The molecule has 6 aliphatic rings. The smallest absolute Gasteiger partial charge is 0.229 e. The zero-order chi connectivity index (χ0) is 21.5. The van der Waals surface area contributed by atoms with Crippen molar-refractivity contribution in [1.29, 1.82) is 0 Å². The SMILES string of the molecule is CO/N=C1\C[C@H]2[C@@H]3CC45OCCOC4(OCCO5)[C@@]3(C)CC[C@@H]2[C@@]2(C)CCCC[C@]12O. The van der Waals surface area contributed by atoms with Gasteiger partial charge < -0.3 is 28.9 Å². The van der Waals surface area contributed by atoms with E-state index in [2.05, 4.69) is 19.0 Å². The molecule has 2 saturated heterocycles. The number of hydrogen-bond donors (Lipinski definition) is 1. The van der Waals surface area contributed by atoms with Gasteiger partial charge in [-0.05, 0) is 49.9 Å². The van der Waals surface area contributed by atoms with Crippen molar-refractivity contribution in [3.8, 4) is 0 Å². The Balaban J connectivity index is 1.45. The quantitative estimate of drug-likeness (QED) is 0.637. The van der Waals surface area contributed by atoms with Gasteiger partial charge in [0.2, 0.25) is 11.6 Å². The number of nitrogens with zero attached hydrogens (tertiary/aromatic N) is 1. The van der Waals surface area contributed by atoms with Crippen LogP contribution in [0.3, 0.4) is 0 Å². The summed E-state index contributed by atoms with van der Waals surface area (Å²) in [4.78, 5) is 5.27. The third-order valence-corrected chi connectivity index (χ3v) is 10.4. The van der Waals surface area contributed by atoms with Crippen LogP contribution in [-0.2, 0) is 23.8 Å². The maximum absolute atomic E-state index is 12.0. The Morgan fingerprint density at radius 3 is 2.29 bits per heavy atom. The highest BCUT2D eigenvalue weighted by molar-refractivity contribution is 5.94. The summed E-state index contributed by atoms with van der Waals surface area (Å²) in [7, 11) is 1.59. The molecule has 6 fully saturated rings. The second-order valence-corrected chi connectivity index (χ2v) is 11.2. The molecule has 4 saturated carbocycles. The molecule has 0 amide bonds. The summed E-state index contributed by atoms with van der Waals surface area (Å²) in [5, 5.41) is 16.4. The highest BCUT2D eigenvalue weighted by Crippen LogP contribution is 2.72. The second-order valence-electron chi connectivity index (χ2n) is 11.2. The zero-order valence-corrected chi connectivity index (χ0v) is 19.2. The fraction of sp³-hybridized carbons (Fsp3) is 0.958. The zero-order valence-electron chi connectivity index (χ0n) is 19.2. The minimum absolute atomic E-state index is 0.190. The topological polar surface area (TPSA) is 78.7 Å². The molecular weight excluding hydrogens is 398 g/mol. The van der Waals surface area contributed by atoms with E-state index in [0.717, 1.165) is 57.1 Å². The molecule has 0 unspecified atom stereocenters. The van der Waals surface area contributed by atoms with E-state index in [1.165, 1.54) is 0 Å². The fourth-order valence-electron chi connectivity index (χ4n) is 9.00. The van der Waals surface area contributed by atoms with Gasteiger partial charge in [-0.25, -0.2) is 0 Å². The molecule has 2 heterocycles. The first kappa shape index (κ1) is 20.8. The number of hydrogen-bond acceptors (Lipinski definition) is 7.